The van der Waals surface area contributed by atoms with Gasteiger partial charge in [0.05, 0.1) is 17.1 Å². The summed E-state index contributed by atoms with van der Waals surface area (Å²) in [5.74, 6) is 0. The monoisotopic (exact) mass is 1300 g/mol. The summed E-state index contributed by atoms with van der Waals surface area (Å²) in [7, 11) is 0. The van der Waals surface area contributed by atoms with Gasteiger partial charge in [0.2, 0.25) is 0 Å². The van der Waals surface area contributed by atoms with Crippen molar-refractivity contribution in [3.8, 4) is 11.1 Å². The Kier molecular flexibility index (Phi) is 20.3. The molecule has 1 aliphatic rings. The van der Waals surface area contributed by atoms with Crippen LogP contribution in [0.4, 0.5) is 34.1 Å². The molecular formula is C98H83N3. The van der Waals surface area contributed by atoms with Gasteiger partial charge in [0.15, 0.2) is 0 Å². The second kappa shape index (κ2) is 31.1. The van der Waals surface area contributed by atoms with E-state index in [1.54, 1.807) is 0 Å². The molecule has 14 rings (SSSR count). The fourth-order valence-electron chi connectivity index (χ4n) is 14.0. The Labute approximate surface area is 598 Å². The molecule has 3 nitrogen and oxygen atoms in total. The molecule has 1 aliphatic heterocycles. The van der Waals surface area contributed by atoms with Crippen LogP contribution in [0.1, 0.15) is 115 Å². The molecule has 101 heavy (non-hydrogen) atoms. The van der Waals surface area contributed by atoms with E-state index in [4.69, 9.17) is 0 Å². The maximum Gasteiger partial charge on any atom is 0.0566 e. The summed E-state index contributed by atoms with van der Waals surface area (Å²) in [5, 5.41) is 0. The summed E-state index contributed by atoms with van der Waals surface area (Å²) in [6.45, 7) is 11.2. The van der Waals surface area contributed by atoms with Gasteiger partial charge in [0, 0.05) is 57.9 Å². The first-order chi connectivity index (χ1) is 49.8. The molecule has 0 aliphatic carbocycles. The number of benzene rings is 13. The second-order valence-electron chi connectivity index (χ2n) is 25.9. The Bertz CT molecular complexity index is 4890. The van der Waals surface area contributed by atoms with Gasteiger partial charge >= 0.3 is 0 Å². The molecule has 0 atom stereocenters. The zero-order valence-corrected chi connectivity index (χ0v) is 58.3. The summed E-state index contributed by atoms with van der Waals surface area (Å²) < 4.78 is 0. The summed E-state index contributed by atoms with van der Waals surface area (Å²) >= 11 is 0. The van der Waals surface area contributed by atoms with Gasteiger partial charge in [-0.3, -0.25) is 0 Å². The summed E-state index contributed by atoms with van der Waals surface area (Å²) in [6, 6.07) is 117. The fourth-order valence-corrected chi connectivity index (χ4v) is 14.0. The zero-order valence-electron chi connectivity index (χ0n) is 58.3. The van der Waals surface area contributed by atoms with E-state index in [9.17, 15) is 0 Å². The fraction of sp³-hybridized carbons (Fsp3) is 0.0816. The molecule has 0 saturated heterocycles. The zero-order chi connectivity index (χ0) is 68.9. The van der Waals surface area contributed by atoms with Crippen LogP contribution in [0.5, 0.6) is 0 Å². The molecule has 1 heterocycles. The molecule has 0 aromatic heterocycles. The number of para-hydroxylation sites is 3. The quantitative estimate of drug-likeness (QED) is 0.0664. The van der Waals surface area contributed by atoms with E-state index in [2.05, 4.69) is 426 Å². The number of anilines is 6. The van der Waals surface area contributed by atoms with Gasteiger partial charge in [0.1, 0.15) is 0 Å². The smallest absolute Gasteiger partial charge is 0.0566 e. The van der Waals surface area contributed by atoms with Gasteiger partial charge in [-0.1, -0.05) is 324 Å². The van der Waals surface area contributed by atoms with Gasteiger partial charge in [-0.15, -0.1) is 0 Å². The number of fused-ring (bicyclic) bond motifs is 3. The average molecular weight is 1300 g/mol. The second-order valence-corrected chi connectivity index (χ2v) is 25.9. The van der Waals surface area contributed by atoms with E-state index in [0.717, 1.165) is 103 Å². The average Bonchev–Trinajstić information content (AvgIpc) is 1.65. The molecule has 0 unspecified atom stereocenters. The highest BCUT2D eigenvalue weighted by Crippen LogP contribution is 2.47. The van der Waals surface area contributed by atoms with Crippen molar-refractivity contribution >= 4 is 87.3 Å². The minimum atomic E-state index is 0.910. The van der Waals surface area contributed by atoms with Crippen LogP contribution in [0, 0.1) is 13.8 Å². The first kappa shape index (κ1) is 66.0. The molecular weight excluding hydrogens is 1220 g/mol. The van der Waals surface area contributed by atoms with E-state index in [-0.39, 0.29) is 0 Å². The van der Waals surface area contributed by atoms with Crippen molar-refractivity contribution in [1.82, 2.24) is 0 Å². The van der Waals surface area contributed by atoms with Gasteiger partial charge in [-0.25, -0.2) is 0 Å². The molecule has 3 heteroatoms. The minimum absolute atomic E-state index is 0.910. The van der Waals surface area contributed by atoms with Crippen molar-refractivity contribution in [2.45, 2.75) is 53.9 Å². The van der Waals surface area contributed by atoms with Crippen LogP contribution in [0.25, 0.3) is 64.3 Å². The molecule has 490 valence electrons. The lowest BCUT2D eigenvalue weighted by molar-refractivity contribution is 1.10. The summed E-state index contributed by atoms with van der Waals surface area (Å²) in [5.41, 5.74) is 32.9. The number of rotatable bonds is 21. The molecule has 0 bridgehead atoms. The van der Waals surface area contributed by atoms with Gasteiger partial charge < -0.3 is 14.7 Å². The van der Waals surface area contributed by atoms with Crippen LogP contribution in [-0.2, 0) is 19.3 Å². The highest BCUT2D eigenvalue weighted by atomic mass is 15.1. The van der Waals surface area contributed by atoms with Gasteiger partial charge in [-0.05, 0) is 188 Å². The predicted molar refractivity (Wildman–Crippen MR) is 435 cm³/mol. The van der Waals surface area contributed by atoms with Crippen LogP contribution in [0.3, 0.4) is 0 Å². The van der Waals surface area contributed by atoms with Crippen LogP contribution >= 0.6 is 0 Å². The van der Waals surface area contributed by atoms with E-state index in [1.807, 2.05) is 0 Å². The highest BCUT2D eigenvalue weighted by Gasteiger charge is 2.26. The number of hydrogen-bond acceptors (Lipinski definition) is 3. The van der Waals surface area contributed by atoms with Crippen molar-refractivity contribution in [2.75, 3.05) is 14.7 Å². The molecule has 13 aromatic rings. The number of aryl methyl sites for hydroxylation is 5. The largest absolute Gasteiger partial charge is 0.316 e. The van der Waals surface area contributed by atoms with Crippen molar-refractivity contribution in [2.24, 2.45) is 0 Å². The first-order valence-electron chi connectivity index (χ1n) is 35.5. The van der Waals surface area contributed by atoms with Crippen molar-refractivity contribution in [3.05, 3.63) is 435 Å². The lowest BCUT2D eigenvalue weighted by atomic mass is 9.91. The van der Waals surface area contributed by atoms with Crippen molar-refractivity contribution in [1.29, 1.82) is 0 Å². The Morgan fingerprint density at radius 2 is 0.644 bits per heavy atom. The third kappa shape index (κ3) is 14.9. The number of nitrogens with zero attached hydrogens (tertiary/aromatic N) is 3. The molecule has 0 radical (unpaired) electrons. The third-order valence-corrected chi connectivity index (χ3v) is 19.3. The van der Waals surface area contributed by atoms with E-state index >= 15 is 0 Å². The minimum Gasteiger partial charge on any atom is -0.316 e. The van der Waals surface area contributed by atoms with Crippen LogP contribution in [0.2, 0.25) is 0 Å². The van der Waals surface area contributed by atoms with Crippen LogP contribution < -0.4 is 14.7 Å². The van der Waals surface area contributed by atoms with Crippen LogP contribution in [0.15, 0.2) is 340 Å². The van der Waals surface area contributed by atoms with Crippen LogP contribution in [-0.4, -0.2) is 0 Å². The highest BCUT2D eigenvalue weighted by molar-refractivity contribution is 5.99. The standard InChI is InChI=1S/C98H83N3/c1-6-79-41-26-29-71(4)96(79)99(68-93(82-31-14-9-15-32-82)83-33-16-10-17-34-83)87-59-53-73(54-60-87)47-50-76-65-77(51-48-74-55-61-88(62-56-74)100(97-72(5)30-27-42-80(97)7-2)69-94(84-35-18-11-19-36-84)85-37-20-12-21-38-85)67-78(66-76)52-49-75-57-63-89(64-58-75)101-70-95(86-39-22-13-23-40-86)91-45-25-24-44-90(91)92-46-28-43-81(8-3)98(92)101/h9-70H,6-8H2,1-5H3/b50-47+,51-48+,52-49+. The third-order valence-electron chi connectivity index (χ3n) is 19.3. The molecule has 0 saturated carbocycles. The van der Waals surface area contributed by atoms with Crippen molar-refractivity contribution < 1.29 is 0 Å². The summed E-state index contributed by atoms with van der Waals surface area (Å²) in [4.78, 5) is 7.21. The topological polar surface area (TPSA) is 9.72 Å². The maximum atomic E-state index is 2.42. The molecule has 0 amide bonds. The van der Waals surface area contributed by atoms with E-state index in [0.29, 0.717) is 0 Å². The number of hydrogen-bond donors (Lipinski definition) is 0. The predicted octanol–water partition coefficient (Wildman–Crippen LogP) is 26.2. The molecule has 0 N–H and O–H groups in total. The molecule has 0 spiro atoms. The molecule has 13 aromatic carbocycles. The Morgan fingerprint density at radius 1 is 0.307 bits per heavy atom. The lowest BCUT2D eigenvalue weighted by Crippen LogP contribution is -2.14. The molecule has 0 fully saturated rings. The Morgan fingerprint density at radius 3 is 1.05 bits per heavy atom. The SMILES string of the molecule is CCc1cccc(C)c1N(C=C(c1ccccc1)c1ccccc1)c1ccc(/C=C/c2cc(/C=C/c3ccc(N(C=C(c4ccccc4)c4ccccc4)c4c(C)cccc4CC)cc3)cc(/C=C/c3ccc(N4C=C(c5ccccc5)c5ccccc5-c5cccc(CC)c54)cc3)c2)cc1. The first-order valence-corrected chi connectivity index (χ1v) is 35.5. The summed E-state index contributed by atoms with van der Waals surface area (Å²) in [6.07, 6.45) is 23.2. The normalized spacial score (nSPS) is 11.9. The van der Waals surface area contributed by atoms with E-state index in [1.165, 1.54) is 72.7 Å². The van der Waals surface area contributed by atoms with Crippen molar-refractivity contribution in [3.63, 3.8) is 0 Å². The van der Waals surface area contributed by atoms with E-state index < -0.39 is 0 Å². The Hall–Kier alpha value is -12.3. The lowest BCUT2D eigenvalue weighted by Gasteiger charge is -2.27. The Balaban J connectivity index is 0.818. The van der Waals surface area contributed by atoms with Gasteiger partial charge in [-0.2, -0.15) is 0 Å². The van der Waals surface area contributed by atoms with Gasteiger partial charge in [0.25, 0.3) is 0 Å². The maximum absolute atomic E-state index is 2.42.